The zero-order valence-corrected chi connectivity index (χ0v) is 24.3. The number of rotatable bonds is 10. The van der Waals surface area contributed by atoms with Crippen LogP contribution in [-0.4, -0.2) is 0 Å². The highest BCUT2D eigenvalue weighted by Gasteiger charge is 2.38. The van der Waals surface area contributed by atoms with Gasteiger partial charge in [-0.25, -0.2) is 22.0 Å². The maximum atomic E-state index is 15.1. The summed E-state index contributed by atoms with van der Waals surface area (Å²) in [5, 5.41) is 0. The molecule has 0 saturated heterocycles. The molecule has 5 rings (SSSR count). The van der Waals surface area contributed by atoms with Gasteiger partial charge in [0.25, 0.3) is 0 Å². The van der Waals surface area contributed by atoms with E-state index in [-0.39, 0.29) is 22.8 Å². The quantitative estimate of drug-likeness (QED) is 0.0981. The molecule has 0 N–H and O–H groups in total. The molecule has 1 fully saturated rings. The van der Waals surface area contributed by atoms with E-state index in [1.54, 1.807) is 6.07 Å². The van der Waals surface area contributed by atoms with Gasteiger partial charge in [-0.2, -0.15) is 8.78 Å². The van der Waals surface area contributed by atoms with E-state index in [4.69, 9.17) is 4.74 Å². The highest BCUT2D eigenvalue weighted by Crippen LogP contribution is 2.40. The lowest BCUT2D eigenvalue weighted by atomic mass is 9.77. The second kappa shape index (κ2) is 13.4. The van der Waals surface area contributed by atoms with Gasteiger partial charge in [0.1, 0.15) is 17.4 Å². The molecule has 4 aromatic carbocycles. The van der Waals surface area contributed by atoms with E-state index in [1.165, 1.54) is 68.1 Å². The summed E-state index contributed by atoms with van der Waals surface area (Å²) < 4.78 is 105. The Labute approximate surface area is 252 Å². The van der Waals surface area contributed by atoms with Crippen LogP contribution in [0.2, 0.25) is 0 Å². The normalized spacial score (nSPS) is 17.1. The van der Waals surface area contributed by atoms with Crippen LogP contribution in [0.5, 0.6) is 5.75 Å². The Morgan fingerprint density at radius 2 is 1.30 bits per heavy atom. The molecule has 0 unspecified atom stereocenters. The lowest BCUT2D eigenvalue weighted by molar-refractivity contribution is -0.187. The molecule has 0 aliphatic heterocycles. The maximum absolute atomic E-state index is 15.1. The van der Waals surface area contributed by atoms with Gasteiger partial charge in [0.15, 0.2) is 17.5 Å². The summed E-state index contributed by atoms with van der Waals surface area (Å²) >= 11 is 0. The highest BCUT2D eigenvalue weighted by atomic mass is 19.3. The third-order valence-electron chi connectivity index (χ3n) is 8.54. The molecule has 0 atom stereocenters. The molecule has 0 heterocycles. The fraction of sp³-hybridized carbons (Fsp3) is 0.333. The number of unbranched alkanes of at least 4 members (excludes halogenated alkanes) is 2. The Bertz CT molecular complexity index is 1570. The molecule has 1 aliphatic carbocycles. The van der Waals surface area contributed by atoms with Crippen LogP contribution in [0.15, 0.2) is 72.8 Å². The average Bonchev–Trinajstić information content (AvgIpc) is 3.00. The van der Waals surface area contributed by atoms with Crippen LogP contribution in [0.1, 0.15) is 75.3 Å². The van der Waals surface area contributed by atoms with Crippen LogP contribution in [0.25, 0.3) is 22.3 Å². The van der Waals surface area contributed by atoms with Crippen molar-refractivity contribution in [3.05, 3.63) is 113 Å². The summed E-state index contributed by atoms with van der Waals surface area (Å²) in [6.07, 6.45) is 4.90. The first-order valence-electron chi connectivity index (χ1n) is 15.0. The van der Waals surface area contributed by atoms with Crippen LogP contribution in [0.3, 0.4) is 0 Å². The molecule has 4 aromatic rings. The predicted octanol–water partition coefficient (Wildman–Crippen LogP) is 11.7. The van der Waals surface area contributed by atoms with Crippen molar-refractivity contribution in [2.75, 3.05) is 0 Å². The molecule has 8 heteroatoms. The van der Waals surface area contributed by atoms with E-state index in [0.717, 1.165) is 43.4 Å². The zero-order chi connectivity index (χ0) is 31.4. The largest absolute Gasteiger partial charge is 0.429 e. The molecule has 0 spiro atoms. The number of halogens is 7. The van der Waals surface area contributed by atoms with Gasteiger partial charge in [-0.3, -0.25) is 0 Å². The van der Waals surface area contributed by atoms with Crippen molar-refractivity contribution in [3.63, 3.8) is 0 Å². The van der Waals surface area contributed by atoms with Crippen molar-refractivity contribution in [2.45, 2.75) is 70.3 Å². The van der Waals surface area contributed by atoms with Crippen molar-refractivity contribution < 1.29 is 35.5 Å². The summed E-state index contributed by atoms with van der Waals surface area (Å²) in [4.78, 5) is 0. The van der Waals surface area contributed by atoms with Crippen LogP contribution in [0, 0.1) is 35.0 Å². The van der Waals surface area contributed by atoms with E-state index in [0.29, 0.717) is 29.2 Å². The Morgan fingerprint density at radius 1 is 0.659 bits per heavy atom. The molecular weight excluding hydrogens is 581 g/mol. The molecule has 0 aromatic heterocycles. The SMILES string of the molecule is CCCCCC1CCC(c2ccc(C(F)(F)Oc3ccc(-c4ccc(-c5cc(F)c(F)c(F)c5)c(F)c4)cc3)c(F)c2)CC1. The molecule has 0 amide bonds. The van der Waals surface area contributed by atoms with E-state index >= 15 is 8.78 Å². The first-order valence-corrected chi connectivity index (χ1v) is 15.0. The molecule has 44 heavy (non-hydrogen) atoms. The summed E-state index contributed by atoms with van der Waals surface area (Å²) in [5.41, 5.74) is 0.342. The molecule has 1 nitrogen and oxygen atoms in total. The summed E-state index contributed by atoms with van der Waals surface area (Å²) in [6.45, 7) is 2.18. The third kappa shape index (κ3) is 7.11. The second-order valence-electron chi connectivity index (χ2n) is 11.5. The van der Waals surface area contributed by atoms with Gasteiger partial charge in [-0.1, -0.05) is 62.9 Å². The maximum Gasteiger partial charge on any atom is 0.429 e. The topological polar surface area (TPSA) is 9.23 Å². The molecule has 1 aliphatic rings. The van der Waals surface area contributed by atoms with Crippen LogP contribution in [0.4, 0.5) is 30.7 Å². The number of hydrogen-bond acceptors (Lipinski definition) is 1. The van der Waals surface area contributed by atoms with E-state index in [1.807, 2.05) is 0 Å². The van der Waals surface area contributed by atoms with Gasteiger partial charge in [-0.15, -0.1) is 0 Å². The summed E-state index contributed by atoms with van der Waals surface area (Å²) in [6, 6.07) is 14.5. The van der Waals surface area contributed by atoms with Gasteiger partial charge in [0, 0.05) is 5.56 Å². The predicted molar refractivity (Wildman–Crippen MR) is 157 cm³/mol. The van der Waals surface area contributed by atoms with E-state index in [2.05, 4.69) is 6.92 Å². The van der Waals surface area contributed by atoms with Crippen LogP contribution in [-0.2, 0) is 6.11 Å². The Morgan fingerprint density at radius 3 is 1.91 bits per heavy atom. The van der Waals surface area contributed by atoms with Crippen LogP contribution >= 0.6 is 0 Å². The Balaban J connectivity index is 1.24. The standard InChI is InChI=1S/C36H33F7O/c1-2-3-4-5-22-6-8-23(9-7-22)26-13-17-30(32(38)19-26)36(42,43)44-28-14-10-24(11-15-28)25-12-16-29(31(37)18-25)27-20-33(39)35(41)34(40)21-27/h10-23H,2-9H2,1H3. The van der Waals surface area contributed by atoms with Gasteiger partial charge in [0.05, 0.1) is 5.56 Å². The Kier molecular flexibility index (Phi) is 9.66. The van der Waals surface area contributed by atoms with E-state index in [9.17, 15) is 22.0 Å². The fourth-order valence-corrected chi connectivity index (χ4v) is 6.05. The van der Waals surface area contributed by atoms with Gasteiger partial charge >= 0.3 is 6.11 Å². The van der Waals surface area contributed by atoms with Gasteiger partial charge in [-0.05, 0) is 102 Å². The minimum Gasteiger partial charge on any atom is -0.429 e. The lowest BCUT2D eigenvalue weighted by Gasteiger charge is -2.29. The number of hydrogen-bond donors (Lipinski definition) is 0. The summed E-state index contributed by atoms with van der Waals surface area (Å²) in [7, 11) is 0. The monoisotopic (exact) mass is 614 g/mol. The third-order valence-corrected chi connectivity index (χ3v) is 8.54. The lowest BCUT2D eigenvalue weighted by Crippen LogP contribution is -2.23. The van der Waals surface area contributed by atoms with Crippen LogP contribution < -0.4 is 4.74 Å². The van der Waals surface area contributed by atoms with E-state index < -0.39 is 40.8 Å². The Hall–Kier alpha value is -3.81. The number of alkyl halides is 2. The minimum atomic E-state index is -3.94. The zero-order valence-electron chi connectivity index (χ0n) is 24.3. The minimum absolute atomic E-state index is 0.144. The molecule has 0 bridgehead atoms. The summed E-state index contributed by atoms with van der Waals surface area (Å²) in [5.74, 6) is -5.77. The fourth-order valence-electron chi connectivity index (χ4n) is 6.05. The van der Waals surface area contributed by atoms with Crippen molar-refractivity contribution in [1.29, 1.82) is 0 Å². The van der Waals surface area contributed by atoms with Crippen molar-refractivity contribution in [1.82, 2.24) is 0 Å². The van der Waals surface area contributed by atoms with Gasteiger partial charge < -0.3 is 4.74 Å². The molecule has 0 radical (unpaired) electrons. The smallest absolute Gasteiger partial charge is 0.429 e. The van der Waals surface area contributed by atoms with Gasteiger partial charge in [0.2, 0.25) is 0 Å². The second-order valence-corrected chi connectivity index (χ2v) is 11.5. The molecular formula is C36H33F7O. The van der Waals surface area contributed by atoms with Crippen molar-refractivity contribution >= 4 is 0 Å². The average molecular weight is 615 g/mol. The van der Waals surface area contributed by atoms with Crippen molar-refractivity contribution in [3.8, 4) is 28.0 Å². The first-order chi connectivity index (χ1) is 21.1. The first kappa shape index (κ1) is 31.6. The van der Waals surface area contributed by atoms with Crippen molar-refractivity contribution in [2.24, 2.45) is 5.92 Å². The number of benzene rings is 4. The molecule has 1 saturated carbocycles. The molecule has 232 valence electrons. The highest BCUT2D eigenvalue weighted by molar-refractivity contribution is 5.71. The number of ether oxygens (including phenoxy) is 1.